The molecule has 1 amide bonds. The quantitative estimate of drug-likeness (QED) is 0.680. The van der Waals surface area contributed by atoms with Gasteiger partial charge in [-0.25, -0.2) is 0 Å². The lowest BCUT2D eigenvalue weighted by Gasteiger charge is -2.22. The topological polar surface area (TPSA) is 58.6 Å². The molecule has 0 aliphatic carbocycles. The van der Waals surface area contributed by atoms with Gasteiger partial charge >= 0.3 is 5.91 Å². The third-order valence-electron chi connectivity index (χ3n) is 2.75. The van der Waals surface area contributed by atoms with Crippen LogP contribution in [0.2, 0.25) is 0 Å². The predicted octanol–water partition coefficient (Wildman–Crippen LogP) is 0.119. The van der Waals surface area contributed by atoms with Crippen LogP contribution < -0.4 is 10.2 Å². The molecule has 0 saturated carbocycles. The van der Waals surface area contributed by atoms with Crippen molar-refractivity contribution < 1.29 is 14.3 Å². The number of benzene rings is 1. The Balaban J connectivity index is 2.06. The molecule has 5 nitrogen and oxygen atoms in total. The molecule has 2 aliphatic heterocycles. The summed E-state index contributed by atoms with van der Waals surface area (Å²) in [6.07, 6.45) is -0.514. The van der Waals surface area contributed by atoms with Gasteiger partial charge in [0.15, 0.2) is 6.35 Å². The van der Waals surface area contributed by atoms with Gasteiger partial charge in [0.05, 0.1) is 17.9 Å². The van der Waals surface area contributed by atoms with E-state index in [2.05, 4.69) is 5.32 Å². The van der Waals surface area contributed by atoms with E-state index in [0.717, 1.165) is 0 Å². The highest BCUT2D eigenvalue weighted by Crippen LogP contribution is 2.30. The van der Waals surface area contributed by atoms with Gasteiger partial charge in [0.2, 0.25) is 0 Å². The van der Waals surface area contributed by atoms with Gasteiger partial charge in [-0.2, -0.15) is 0 Å². The second-order valence-corrected chi connectivity index (χ2v) is 3.70. The maximum atomic E-state index is 11.8. The van der Waals surface area contributed by atoms with E-state index in [0.29, 0.717) is 24.4 Å². The summed E-state index contributed by atoms with van der Waals surface area (Å²) in [6, 6.07) is 6.95. The molecule has 0 radical (unpaired) electrons. The zero-order chi connectivity index (χ0) is 11.1. The lowest BCUT2D eigenvalue weighted by molar-refractivity contribution is -0.116. The van der Waals surface area contributed by atoms with Gasteiger partial charge in [-0.05, 0) is 12.1 Å². The highest BCUT2D eigenvalue weighted by atomic mass is 16.5. The molecule has 1 aromatic rings. The van der Waals surface area contributed by atoms with E-state index in [1.54, 1.807) is 24.3 Å². The standard InChI is InChI=1S/C11H10N2O3/c14-9-7-3-1-2-4-8(7)13(10(9)15)11-12-5-6-16-11/h1-4,11-12H,5-6H2. The number of anilines is 1. The summed E-state index contributed by atoms with van der Waals surface area (Å²) in [5, 5.41) is 3.02. The number of carbonyl (C=O) groups is 2. The molecule has 0 aromatic heterocycles. The summed E-state index contributed by atoms with van der Waals surface area (Å²) >= 11 is 0. The molecule has 1 atom stereocenters. The SMILES string of the molecule is O=C1C(=O)N(C2NCCO2)c2ccccc21. The van der Waals surface area contributed by atoms with E-state index in [-0.39, 0.29) is 0 Å². The van der Waals surface area contributed by atoms with Crippen LogP contribution in [0, 0.1) is 0 Å². The van der Waals surface area contributed by atoms with Gasteiger partial charge in [0, 0.05) is 6.54 Å². The van der Waals surface area contributed by atoms with Crippen molar-refractivity contribution in [2.75, 3.05) is 18.1 Å². The number of hydrogen-bond acceptors (Lipinski definition) is 4. The molecule has 1 unspecified atom stereocenters. The first-order chi connectivity index (χ1) is 7.79. The van der Waals surface area contributed by atoms with Crippen molar-refractivity contribution in [1.82, 2.24) is 5.32 Å². The number of ether oxygens (including phenoxy) is 1. The van der Waals surface area contributed by atoms with E-state index in [9.17, 15) is 9.59 Å². The molecule has 16 heavy (non-hydrogen) atoms. The lowest BCUT2D eigenvalue weighted by Crippen LogP contribution is -2.46. The van der Waals surface area contributed by atoms with E-state index in [4.69, 9.17) is 4.74 Å². The average molecular weight is 218 g/mol. The number of nitrogens with zero attached hydrogens (tertiary/aromatic N) is 1. The van der Waals surface area contributed by atoms with Crippen LogP contribution in [0.4, 0.5) is 5.69 Å². The molecule has 0 bridgehead atoms. The van der Waals surface area contributed by atoms with Crippen LogP contribution in [0.3, 0.4) is 0 Å². The van der Waals surface area contributed by atoms with E-state index in [1.165, 1.54) is 4.90 Å². The van der Waals surface area contributed by atoms with Crippen LogP contribution in [0.1, 0.15) is 10.4 Å². The Morgan fingerprint density at radius 3 is 2.88 bits per heavy atom. The van der Waals surface area contributed by atoms with Crippen molar-refractivity contribution in [3.63, 3.8) is 0 Å². The summed E-state index contributed by atoms with van der Waals surface area (Å²) in [4.78, 5) is 24.9. The number of para-hydroxylation sites is 1. The Kier molecular flexibility index (Phi) is 2.02. The molecule has 82 valence electrons. The van der Waals surface area contributed by atoms with Crippen molar-refractivity contribution in [2.45, 2.75) is 6.35 Å². The van der Waals surface area contributed by atoms with Crippen LogP contribution in [0.5, 0.6) is 0 Å². The Morgan fingerprint density at radius 1 is 1.31 bits per heavy atom. The number of Topliss-reactive ketones (excluding diaryl/α,β-unsaturated/α-hetero) is 1. The first-order valence-corrected chi connectivity index (χ1v) is 5.11. The van der Waals surface area contributed by atoms with E-state index in [1.807, 2.05) is 0 Å². The molecule has 1 N–H and O–H groups in total. The molecule has 1 saturated heterocycles. The van der Waals surface area contributed by atoms with Gasteiger partial charge < -0.3 is 4.74 Å². The highest BCUT2D eigenvalue weighted by Gasteiger charge is 2.41. The van der Waals surface area contributed by atoms with E-state index >= 15 is 0 Å². The minimum atomic E-state index is -0.527. The van der Waals surface area contributed by atoms with Crippen LogP contribution in [0.15, 0.2) is 24.3 Å². The number of hydrogen-bond donors (Lipinski definition) is 1. The molecule has 2 aliphatic rings. The zero-order valence-electron chi connectivity index (χ0n) is 8.47. The second kappa shape index (κ2) is 3.40. The van der Waals surface area contributed by atoms with Gasteiger partial charge in [0.25, 0.3) is 5.78 Å². The van der Waals surface area contributed by atoms with Crippen molar-refractivity contribution in [3.05, 3.63) is 29.8 Å². The maximum Gasteiger partial charge on any atom is 0.302 e. The summed E-state index contributed by atoms with van der Waals surface area (Å²) in [7, 11) is 0. The zero-order valence-corrected chi connectivity index (χ0v) is 8.47. The van der Waals surface area contributed by atoms with Crippen molar-refractivity contribution in [2.24, 2.45) is 0 Å². The fraction of sp³-hybridized carbons (Fsp3) is 0.273. The van der Waals surface area contributed by atoms with Crippen molar-refractivity contribution >= 4 is 17.4 Å². The summed E-state index contributed by atoms with van der Waals surface area (Å²) in [5.41, 5.74) is 1.07. The monoisotopic (exact) mass is 218 g/mol. The Hall–Kier alpha value is -1.72. The third-order valence-corrected chi connectivity index (χ3v) is 2.75. The van der Waals surface area contributed by atoms with Gasteiger partial charge in [-0.15, -0.1) is 0 Å². The fourth-order valence-corrected chi connectivity index (χ4v) is 2.02. The van der Waals surface area contributed by atoms with Crippen molar-refractivity contribution in [1.29, 1.82) is 0 Å². The molecule has 5 heteroatoms. The van der Waals surface area contributed by atoms with Crippen LogP contribution >= 0.6 is 0 Å². The average Bonchev–Trinajstić information content (AvgIpc) is 2.89. The number of rotatable bonds is 1. The Morgan fingerprint density at radius 2 is 2.12 bits per heavy atom. The molecular weight excluding hydrogens is 208 g/mol. The minimum absolute atomic E-state index is 0.449. The largest absolute Gasteiger partial charge is 0.343 e. The molecule has 1 fully saturated rings. The number of amides is 1. The van der Waals surface area contributed by atoms with Gasteiger partial charge in [-0.1, -0.05) is 12.1 Å². The van der Waals surface area contributed by atoms with Crippen LogP contribution in [0.25, 0.3) is 0 Å². The molecular formula is C11H10N2O3. The Labute approximate surface area is 92.0 Å². The van der Waals surface area contributed by atoms with Crippen LogP contribution in [-0.2, 0) is 9.53 Å². The molecule has 1 aromatic carbocycles. The number of nitrogens with one attached hydrogen (secondary N) is 1. The minimum Gasteiger partial charge on any atom is -0.343 e. The first kappa shape index (κ1) is 9.50. The normalized spacial score (nSPS) is 24.0. The summed E-state index contributed by atoms with van der Waals surface area (Å²) in [6.45, 7) is 1.23. The number of carbonyl (C=O) groups excluding carboxylic acids is 2. The second-order valence-electron chi connectivity index (χ2n) is 3.70. The summed E-state index contributed by atoms with van der Waals surface area (Å²) < 4.78 is 5.35. The van der Waals surface area contributed by atoms with Gasteiger partial charge in [0.1, 0.15) is 0 Å². The molecule has 3 rings (SSSR count). The molecule has 2 heterocycles. The smallest absolute Gasteiger partial charge is 0.302 e. The fourth-order valence-electron chi connectivity index (χ4n) is 2.02. The summed E-state index contributed by atoms with van der Waals surface area (Å²) in [5.74, 6) is -0.992. The van der Waals surface area contributed by atoms with E-state index < -0.39 is 18.0 Å². The lowest BCUT2D eigenvalue weighted by atomic mass is 10.1. The van der Waals surface area contributed by atoms with Crippen LogP contribution in [-0.4, -0.2) is 31.2 Å². The van der Waals surface area contributed by atoms with Crippen molar-refractivity contribution in [3.8, 4) is 0 Å². The number of fused-ring (bicyclic) bond motifs is 1. The molecule has 0 spiro atoms. The van der Waals surface area contributed by atoms with Gasteiger partial charge in [-0.3, -0.25) is 19.8 Å². The highest BCUT2D eigenvalue weighted by molar-refractivity contribution is 6.52. The third kappa shape index (κ3) is 1.19. The number of ketones is 1. The Bertz CT molecular complexity index is 466. The maximum absolute atomic E-state index is 11.8. The first-order valence-electron chi connectivity index (χ1n) is 5.11. The predicted molar refractivity (Wildman–Crippen MR) is 56.0 cm³/mol.